The first kappa shape index (κ1) is 12.2. The molecule has 0 radical (unpaired) electrons. The van der Waals surface area contributed by atoms with Crippen molar-refractivity contribution in [3.63, 3.8) is 0 Å². The van der Waals surface area contributed by atoms with Gasteiger partial charge < -0.3 is 14.8 Å². The van der Waals surface area contributed by atoms with Gasteiger partial charge in [0.2, 0.25) is 5.88 Å². The van der Waals surface area contributed by atoms with Crippen molar-refractivity contribution < 1.29 is 9.47 Å². The summed E-state index contributed by atoms with van der Waals surface area (Å²) in [5.41, 5.74) is 0.951. The second kappa shape index (κ2) is 6.49. The molecule has 0 amide bonds. The van der Waals surface area contributed by atoms with E-state index in [1.807, 2.05) is 42.5 Å². The summed E-state index contributed by atoms with van der Waals surface area (Å²) < 4.78 is 10.6. The van der Waals surface area contributed by atoms with Crippen molar-refractivity contribution in [1.29, 1.82) is 0 Å². The van der Waals surface area contributed by atoms with Crippen molar-refractivity contribution >= 4 is 5.69 Å². The highest BCUT2D eigenvalue weighted by Gasteiger charge is 1.95. The molecule has 0 aliphatic rings. The lowest BCUT2D eigenvalue weighted by Crippen LogP contribution is -2.11. The molecule has 4 nitrogen and oxygen atoms in total. The predicted octanol–water partition coefficient (Wildman–Crippen LogP) is 2.58. The minimum atomic E-state index is 0.607. The Bertz CT molecular complexity index is 457. The van der Waals surface area contributed by atoms with Gasteiger partial charge in [-0.15, -0.1) is 0 Å². The summed E-state index contributed by atoms with van der Waals surface area (Å²) >= 11 is 0. The molecule has 1 aromatic carbocycles. The van der Waals surface area contributed by atoms with Gasteiger partial charge in [0, 0.05) is 12.6 Å². The minimum absolute atomic E-state index is 0.607. The Morgan fingerprint density at radius 2 is 1.94 bits per heavy atom. The zero-order valence-corrected chi connectivity index (χ0v) is 10.3. The summed E-state index contributed by atoms with van der Waals surface area (Å²) in [6.45, 7) is 1.33. The molecular formula is C14H16N2O2. The second-order valence-corrected chi connectivity index (χ2v) is 3.68. The van der Waals surface area contributed by atoms with E-state index in [-0.39, 0.29) is 0 Å². The SMILES string of the molecule is COc1ccc(NCCOc2ccccc2)cn1. The summed E-state index contributed by atoms with van der Waals surface area (Å²) in [4.78, 5) is 4.11. The van der Waals surface area contributed by atoms with E-state index in [1.165, 1.54) is 0 Å². The Hall–Kier alpha value is -2.23. The molecule has 0 saturated carbocycles. The van der Waals surface area contributed by atoms with Crippen molar-refractivity contribution in [2.45, 2.75) is 0 Å². The Morgan fingerprint density at radius 1 is 1.11 bits per heavy atom. The number of methoxy groups -OCH3 is 1. The van der Waals surface area contributed by atoms with Crippen LogP contribution in [0, 0.1) is 0 Å². The molecule has 0 aliphatic carbocycles. The summed E-state index contributed by atoms with van der Waals surface area (Å²) in [6.07, 6.45) is 1.74. The van der Waals surface area contributed by atoms with Gasteiger partial charge >= 0.3 is 0 Å². The van der Waals surface area contributed by atoms with E-state index in [9.17, 15) is 0 Å². The van der Waals surface area contributed by atoms with E-state index in [0.717, 1.165) is 18.0 Å². The highest BCUT2D eigenvalue weighted by Crippen LogP contribution is 2.11. The second-order valence-electron chi connectivity index (χ2n) is 3.68. The van der Waals surface area contributed by atoms with Gasteiger partial charge in [0.1, 0.15) is 12.4 Å². The maximum atomic E-state index is 5.57. The lowest BCUT2D eigenvalue weighted by atomic mass is 10.3. The van der Waals surface area contributed by atoms with Crippen LogP contribution in [0.3, 0.4) is 0 Å². The van der Waals surface area contributed by atoms with E-state index < -0.39 is 0 Å². The molecule has 0 unspecified atom stereocenters. The number of para-hydroxylation sites is 1. The van der Waals surface area contributed by atoms with Crippen LogP contribution in [0.2, 0.25) is 0 Å². The van der Waals surface area contributed by atoms with Crippen molar-refractivity contribution in [2.24, 2.45) is 0 Å². The smallest absolute Gasteiger partial charge is 0.213 e. The van der Waals surface area contributed by atoms with E-state index in [0.29, 0.717) is 12.5 Å². The summed E-state index contributed by atoms with van der Waals surface area (Å²) in [6, 6.07) is 13.5. The first-order chi connectivity index (χ1) is 8.88. The highest BCUT2D eigenvalue weighted by molar-refractivity contribution is 5.41. The van der Waals surface area contributed by atoms with Crippen molar-refractivity contribution in [3.05, 3.63) is 48.7 Å². The minimum Gasteiger partial charge on any atom is -0.492 e. The van der Waals surface area contributed by atoms with Crippen LogP contribution >= 0.6 is 0 Å². The van der Waals surface area contributed by atoms with Crippen LogP contribution in [0.1, 0.15) is 0 Å². The van der Waals surface area contributed by atoms with E-state index >= 15 is 0 Å². The van der Waals surface area contributed by atoms with Crippen LogP contribution in [0.15, 0.2) is 48.7 Å². The number of anilines is 1. The molecule has 0 spiro atoms. The topological polar surface area (TPSA) is 43.4 Å². The molecule has 1 N–H and O–H groups in total. The predicted molar refractivity (Wildman–Crippen MR) is 71.2 cm³/mol. The monoisotopic (exact) mass is 244 g/mol. The van der Waals surface area contributed by atoms with Gasteiger partial charge in [-0.3, -0.25) is 0 Å². The van der Waals surface area contributed by atoms with Gasteiger partial charge in [-0.25, -0.2) is 4.98 Å². The number of ether oxygens (including phenoxy) is 2. The summed E-state index contributed by atoms with van der Waals surface area (Å²) in [7, 11) is 1.60. The van der Waals surface area contributed by atoms with E-state index in [4.69, 9.17) is 9.47 Å². The van der Waals surface area contributed by atoms with Crippen LogP contribution in [0.5, 0.6) is 11.6 Å². The van der Waals surface area contributed by atoms with E-state index in [2.05, 4.69) is 10.3 Å². The number of pyridine rings is 1. The first-order valence-corrected chi connectivity index (χ1v) is 5.80. The third kappa shape index (κ3) is 3.66. The molecule has 0 aliphatic heterocycles. The number of hydrogen-bond donors (Lipinski definition) is 1. The van der Waals surface area contributed by atoms with Crippen LogP contribution in [0.4, 0.5) is 5.69 Å². The number of nitrogens with one attached hydrogen (secondary N) is 1. The molecule has 0 bridgehead atoms. The van der Waals surface area contributed by atoms with Gasteiger partial charge in [-0.05, 0) is 18.2 Å². The molecule has 4 heteroatoms. The molecule has 18 heavy (non-hydrogen) atoms. The fraction of sp³-hybridized carbons (Fsp3) is 0.214. The number of rotatable bonds is 6. The molecule has 1 aromatic heterocycles. The van der Waals surface area contributed by atoms with Crippen LogP contribution in [-0.2, 0) is 0 Å². The van der Waals surface area contributed by atoms with Gasteiger partial charge in [0.25, 0.3) is 0 Å². The molecular weight excluding hydrogens is 228 g/mol. The van der Waals surface area contributed by atoms with Gasteiger partial charge in [0.15, 0.2) is 0 Å². The first-order valence-electron chi connectivity index (χ1n) is 5.80. The lowest BCUT2D eigenvalue weighted by molar-refractivity contribution is 0.333. The molecule has 2 rings (SSSR count). The largest absolute Gasteiger partial charge is 0.492 e. The standard InChI is InChI=1S/C14H16N2O2/c1-17-14-8-7-12(11-16-14)15-9-10-18-13-5-3-2-4-6-13/h2-8,11,15H,9-10H2,1H3. The van der Waals surface area contributed by atoms with Gasteiger partial charge in [0.05, 0.1) is 19.0 Å². The number of nitrogens with zero attached hydrogens (tertiary/aromatic N) is 1. The number of benzene rings is 1. The molecule has 0 atom stereocenters. The molecule has 0 fully saturated rings. The third-order valence-corrected chi connectivity index (χ3v) is 2.39. The van der Waals surface area contributed by atoms with Crippen molar-refractivity contribution in [2.75, 3.05) is 25.6 Å². The maximum absolute atomic E-state index is 5.57. The van der Waals surface area contributed by atoms with Crippen molar-refractivity contribution in [1.82, 2.24) is 4.98 Å². The fourth-order valence-corrected chi connectivity index (χ4v) is 1.49. The Kier molecular flexibility index (Phi) is 4.41. The zero-order valence-electron chi connectivity index (χ0n) is 10.3. The summed E-state index contributed by atoms with van der Waals surface area (Å²) in [5, 5.41) is 3.22. The van der Waals surface area contributed by atoms with E-state index in [1.54, 1.807) is 13.3 Å². The van der Waals surface area contributed by atoms with Crippen LogP contribution in [0.25, 0.3) is 0 Å². The van der Waals surface area contributed by atoms with Gasteiger partial charge in [-0.2, -0.15) is 0 Å². The average Bonchev–Trinajstić information content (AvgIpc) is 2.45. The van der Waals surface area contributed by atoms with Crippen LogP contribution in [-0.4, -0.2) is 25.2 Å². The zero-order chi connectivity index (χ0) is 12.6. The Balaban J connectivity index is 1.72. The molecule has 94 valence electrons. The fourth-order valence-electron chi connectivity index (χ4n) is 1.49. The van der Waals surface area contributed by atoms with Gasteiger partial charge in [-0.1, -0.05) is 18.2 Å². The maximum Gasteiger partial charge on any atom is 0.213 e. The highest BCUT2D eigenvalue weighted by atomic mass is 16.5. The van der Waals surface area contributed by atoms with Crippen molar-refractivity contribution in [3.8, 4) is 11.6 Å². The lowest BCUT2D eigenvalue weighted by Gasteiger charge is -2.08. The number of hydrogen-bond acceptors (Lipinski definition) is 4. The Morgan fingerprint density at radius 3 is 2.61 bits per heavy atom. The Labute approximate surface area is 107 Å². The molecule has 0 saturated heterocycles. The third-order valence-electron chi connectivity index (χ3n) is 2.39. The molecule has 1 heterocycles. The van der Waals surface area contributed by atoms with Crippen LogP contribution < -0.4 is 14.8 Å². The number of aromatic nitrogens is 1. The molecule has 2 aromatic rings. The quantitative estimate of drug-likeness (QED) is 0.793. The summed E-state index contributed by atoms with van der Waals surface area (Å²) in [5.74, 6) is 1.49. The normalized spacial score (nSPS) is 9.83. The average molecular weight is 244 g/mol.